The molecule has 78 valence electrons. The van der Waals surface area contributed by atoms with Crippen LogP contribution in [0.25, 0.3) is 0 Å². The number of nitrogens with one attached hydrogen (secondary N) is 2. The number of hydrogen-bond acceptors (Lipinski definition) is 2. The van der Waals surface area contributed by atoms with Crippen LogP contribution in [-0.4, -0.2) is 26.2 Å². The SMILES string of the molecule is C1CCNC1.CC1CNCC(C)C1. The average molecular weight is 184 g/mol. The monoisotopic (exact) mass is 184 g/mol. The van der Waals surface area contributed by atoms with Gasteiger partial charge in [-0.3, -0.25) is 0 Å². The van der Waals surface area contributed by atoms with Crippen LogP contribution in [0.1, 0.15) is 33.1 Å². The van der Waals surface area contributed by atoms with Gasteiger partial charge in [-0.05, 0) is 57.3 Å². The zero-order valence-corrected chi connectivity index (χ0v) is 9.10. The van der Waals surface area contributed by atoms with Crippen LogP contribution in [0.5, 0.6) is 0 Å². The van der Waals surface area contributed by atoms with Crippen LogP contribution in [0, 0.1) is 11.8 Å². The molecule has 0 aromatic carbocycles. The van der Waals surface area contributed by atoms with Crippen molar-refractivity contribution in [1.82, 2.24) is 10.6 Å². The fraction of sp³-hybridized carbons (Fsp3) is 1.00. The van der Waals surface area contributed by atoms with E-state index in [9.17, 15) is 0 Å². The lowest BCUT2D eigenvalue weighted by atomic mass is 9.94. The highest BCUT2D eigenvalue weighted by Gasteiger charge is 2.12. The summed E-state index contributed by atoms with van der Waals surface area (Å²) in [5.74, 6) is 1.80. The summed E-state index contributed by atoms with van der Waals surface area (Å²) in [6, 6.07) is 0. The maximum atomic E-state index is 3.38. The highest BCUT2D eigenvalue weighted by Crippen LogP contribution is 2.13. The van der Waals surface area contributed by atoms with Gasteiger partial charge in [-0.15, -0.1) is 0 Å². The van der Waals surface area contributed by atoms with Gasteiger partial charge in [0.15, 0.2) is 0 Å². The largest absolute Gasteiger partial charge is 0.317 e. The lowest BCUT2D eigenvalue weighted by molar-refractivity contribution is 0.321. The number of rotatable bonds is 0. The predicted molar refractivity (Wildman–Crippen MR) is 57.9 cm³/mol. The molecule has 13 heavy (non-hydrogen) atoms. The standard InChI is InChI=1S/C7H15N.C4H9N/c1-6-3-7(2)5-8-4-6;1-2-4-5-3-1/h6-8H,3-5H2,1-2H3;5H,1-4H2. The minimum absolute atomic E-state index is 0.902. The zero-order chi connectivity index (χ0) is 9.52. The van der Waals surface area contributed by atoms with Crippen LogP contribution in [0.3, 0.4) is 0 Å². The fourth-order valence-electron chi connectivity index (χ4n) is 2.05. The molecule has 0 aromatic rings. The maximum absolute atomic E-state index is 3.38. The van der Waals surface area contributed by atoms with Gasteiger partial charge in [0.25, 0.3) is 0 Å². The van der Waals surface area contributed by atoms with Gasteiger partial charge in [-0.2, -0.15) is 0 Å². The number of hydrogen-bond donors (Lipinski definition) is 2. The molecule has 2 aliphatic rings. The van der Waals surface area contributed by atoms with E-state index in [1.807, 2.05) is 0 Å². The third-order valence-corrected chi connectivity index (χ3v) is 2.75. The summed E-state index contributed by atoms with van der Waals surface area (Å²) >= 11 is 0. The third-order valence-electron chi connectivity index (χ3n) is 2.75. The lowest BCUT2D eigenvalue weighted by Crippen LogP contribution is -2.33. The molecular weight excluding hydrogens is 160 g/mol. The first-order valence-electron chi connectivity index (χ1n) is 5.70. The molecule has 0 amide bonds. The van der Waals surface area contributed by atoms with E-state index >= 15 is 0 Å². The summed E-state index contributed by atoms with van der Waals surface area (Å²) in [6.07, 6.45) is 4.19. The van der Waals surface area contributed by atoms with Crippen molar-refractivity contribution in [2.45, 2.75) is 33.1 Å². The summed E-state index contributed by atoms with van der Waals surface area (Å²) < 4.78 is 0. The van der Waals surface area contributed by atoms with Crippen molar-refractivity contribution in [2.75, 3.05) is 26.2 Å². The molecule has 0 bridgehead atoms. The van der Waals surface area contributed by atoms with Gasteiger partial charge < -0.3 is 10.6 Å². The molecule has 0 spiro atoms. The van der Waals surface area contributed by atoms with E-state index in [0.717, 1.165) is 11.8 Å². The summed E-state index contributed by atoms with van der Waals surface area (Å²) in [5.41, 5.74) is 0. The summed E-state index contributed by atoms with van der Waals surface area (Å²) in [4.78, 5) is 0. The van der Waals surface area contributed by atoms with Crippen LogP contribution in [0.2, 0.25) is 0 Å². The van der Waals surface area contributed by atoms with Gasteiger partial charge in [-0.25, -0.2) is 0 Å². The Morgan fingerprint density at radius 3 is 1.62 bits per heavy atom. The molecule has 2 aliphatic heterocycles. The van der Waals surface area contributed by atoms with Gasteiger partial charge in [0.05, 0.1) is 0 Å². The summed E-state index contributed by atoms with van der Waals surface area (Å²) in [6.45, 7) is 9.57. The topological polar surface area (TPSA) is 24.1 Å². The Labute approximate surface area is 82.5 Å². The molecule has 2 nitrogen and oxygen atoms in total. The first kappa shape index (κ1) is 11.0. The van der Waals surface area contributed by atoms with E-state index in [1.54, 1.807) is 0 Å². The molecule has 0 aliphatic carbocycles. The Morgan fingerprint density at radius 1 is 0.846 bits per heavy atom. The number of piperidine rings is 1. The molecule has 2 heterocycles. The van der Waals surface area contributed by atoms with Gasteiger partial charge in [0.2, 0.25) is 0 Å². The average Bonchev–Trinajstić information content (AvgIpc) is 2.59. The molecular formula is C11H24N2. The Kier molecular flexibility index (Phi) is 5.40. The molecule has 0 radical (unpaired) electrons. The van der Waals surface area contributed by atoms with E-state index in [4.69, 9.17) is 0 Å². The third kappa shape index (κ3) is 5.27. The van der Waals surface area contributed by atoms with Crippen LogP contribution in [0.15, 0.2) is 0 Å². The maximum Gasteiger partial charge on any atom is -0.00229 e. The molecule has 2 heteroatoms. The molecule has 2 fully saturated rings. The van der Waals surface area contributed by atoms with Crippen molar-refractivity contribution in [2.24, 2.45) is 11.8 Å². The molecule has 2 N–H and O–H groups in total. The Morgan fingerprint density at radius 2 is 1.38 bits per heavy atom. The molecule has 2 atom stereocenters. The Bertz CT molecular complexity index is 106. The minimum Gasteiger partial charge on any atom is -0.317 e. The van der Waals surface area contributed by atoms with Gasteiger partial charge >= 0.3 is 0 Å². The molecule has 0 aromatic heterocycles. The van der Waals surface area contributed by atoms with Crippen molar-refractivity contribution in [1.29, 1.82) is 0 Å². The highest BCUT2D eigenvalue weighted by atomic mass is 14.9. The first-order chi connectivity index (χ1) is 6.29. The fourth-order valence-corrected chi connectivity index (χ4v) is 2.05. The second kappa shape index (κ2) is 6.39. The van der Waals surface area contributed by atoms with Crippen molar-refractivity contribution < 1.29 is 0 Å². The lowest BCUT2D eigenvalue weighted by Gasteiger charge is -2.24. The molecule has 2 unspecified atom stereocenters. The van der Waals surface area contributed by atoms with Crippen molar-refractivity contribution in [3.05, 3.63) is 0 Å². The first-order valence-corrected chi connectivity index (χ1v) is 5.70. The normalized spacial score (nSPS) is 33.7. The second-order valence-corrected chi connectivity index (χ2v) is 4.56. The van der Waals surface area contributed by atoms with Gasteiger partial charge in [0.1, 0.15) is 0 Å². The van der Waals surface area contributed by atoms with Crippen LogP contribution in [0.4, 0.5) is 0 Å². The van der Waals surface area contributed by atoms with E-state index in [1.165, 1.54) is 45.4 Å². The zero-order valence-electron chi connectivity index (χ0n) is 9.10. The van der Waals surface area contributed by atoms with Crippen molar-refractivity contribution in [3.63, 3.8) is 0 Å². The smallest absolute Gasteiger partial charge is 0.00229 e. The van der Waals surface area contributed by atoms with Crippen LogP contribution < -0.4 is 10.6 Å². The van der Waals surface area contributed by atoms with E-state index < -0.39 is 0 Å². The van der Waals surface area contributed by atoms with E-state index in [2.05, 4.69) is 24.5 Å². The molecule has 2 saturated heterocycles. The Hall–Kier alpha value is -0.0800. The van der Waals surface area contributed by atoms with E-state index in [-0.39, 0.29) is 0 Å². The Balaban J connectivity index is 0.000000145. The van der Waals surface area contributed by atoms with Gasteiger partial charge in [-0.1, -0.05) is 13.8 Å². The summed E-state index contributed by atoms with van der Waals surface area (Å²) in [5, 5.41) is 6.61. The quantitative estimate of drug-likeness (QED) is 0.598. The van der Waals surface area contributed by atoms with Crippen LogP contribution >= 0.6 is 0 Å². The van der Waals surface area contributed by atoms with Crippen LogP contribution in [-0.2, 0) is 0 Å². The molecule has 2 rings (SSSR count). The van der Waals surface area contributed by atoms with Crippen molar-refractivity contribution in [3.8, 4) is 0 Å². The minimum atomic E-state index is 0.902. The van der Waals surface area contributed by atoms with E-state index in [0.29, 0.717) is 0 Å². The summed E-state index contributed by atoms with van der Waals surface area (Å²) in [7, 11) is 0. The molecule has 0 saturated carbocycles. The van der Waals surface area contributed by atoms with Crippen molar-refractivity contribution >= 4 is 0 Å². The van der Waals surface area contributed by atoms with Gasteiger partial charge in [0, 0.05) is 0 Å². The predicted octanol–water partition coefficient (Wildman–Crippen LogP) is 1.62. The second-order valence-electron chi connectivity index (χ2n) is 4.56. The highest BCUT2D eigenvalue weighted by molar-refractivity contribution is 4.69.